The minimum Gasteiger partial charge on any atom is -0.480 e. The third-order valence-electron chi connectivity index (χ3n) is 4.26. The number of carbonyl (C=O) groups is 2. The number of nitrogens with zero attached hydrogens (tertiary/aromatic N) is 2. The van der Waals surface area contributed by atoms with Gasteiger partial charge in [0, 0.05) is 31.6 Å². The van der Waals surface area contributed by atoms with Crippen LogP contribution in [0.5, 0.6) is 0 Å². The Labute approximate surface area is 148 Å². The number of aliphatic carboxylic acids is 1. The average Bonchev–Trinajstić information content (AvgIpc) is 3.06. The molecule has 0 radical (unpaired) electrons. The maximum Gasteiger partial charge on any atom is 0.317 e. The zero-order chi connectivity index (χ0) is 17.0. The van der Waals surface area contributed by atoms with Crippen molar-refractivity contribution in [2.24, 2.45) is 11.8 Å². The summed E-state index contributed by atoms with van der Waals surface area (Å²) >= 11 is 0. The highest BCUT2D eigenvalue weighted by Crippen LogP contribution is 2.24. The topological polar surface area (TPSA) is 95.7 Å². The molecule has 2 N–H and O–H groups in total. The summed E-state index contributed by atoms with van der Waals surface area (Å²) in [5, 5.41) is 15.8. The highest BCUT2D eigenvalue weighted by molar-refractivity contribution is 5.92. The van der Waals surface area contributed by atoms with Crippen molar-refractivity contribution in [1.29, 1.82) is 0 Å². The predicted octanol–water partition coefficient (Wildman–Crippen LogP) is 1.82. The molecule has 1 aliphatic heterocycles. The van der Waals surface area contributed by atoms with Gasteiger partial charge in [0.05, 0.1) is 6.54 Å². The Morgan fingerprint density at radius 1 is 1.46 bits per heavy atom. The molecule has 7 nitrogen and oxygen atoms in total. The van der Waals surface area contributed by atoms with E-state index in [9.17, 15) is 9.59 Å². The van der Waals surface area contributed by atoms with Crippen molar-refractivity contribution in [3.05, 3.63) is 17.5 Å². The van der Waals surface area contributed by atoms with Crippen LogP contribution in [-0.4, -0.2) is 52.7 Å². The minimum absolute atomic E-state index is 0. The first kappa shape index (κ1) is 20.4. The number of hydrogen-bond acceptors (Lipinski definition) is 5. The quantitative estimate of drug-likeness (QED) is 0.771. The molecule has 1 aromatic rings. The number of amides is 1. The lowest BCUT2D eigenvalue weighted by Crippen LogP contribution is -2.42. The van der Waals surface area contributed by atoms with E-state index in [1.54, 1.807) is 6.07 Å². The van der Waals surface area contributed by atoms with Crippen molar-refractivity contribution in [1.82, 2.24) is 15.4 Å². The van der Waals surface area contributed by atoms with Gasteiger partial charge in [-0.2, -0.15) is 0 Å². The van der Waals surface area contributed by atoms with Crippen molar-refractivity contribution >= 4 is 24.3 Å². The Morgan fingerprint density at radius 3 is 2.75 bits per heavy atom. The van der Waals surface area contributed by atoms with Crippen LogP contribution in [0.3, 0.4) is 0 Å². The molecule has 0 saturated carbocycles. The molecule has 136 valence electrons. The summed E-state index contributed by atoms with van der Waals surface area (Å²) in [6.45, 7) is 7.42. The lowest BCUT2D eigenvalue weighted by molar-refractivity contribution is -0.138. The summed E-state index contributed by atoms with van der Waals surface area (Å²) in [5.41, 5.74) is 0.285. The summed E-state index contributed by atoms with van der Waals surface area (Å²) in [7, 11) is 0. The molecule has 0 aliphatic carbocycles. The van der Waals surface area contributed by atoms with Crippen LogP contribution in [0.2, 0.25) is 0 Å². The number of carboxylic acid groups (broad SMARTS) is 1. The number of carbonyl (C=O) groups excluding carboxylic acids is 1. The monoisotopic (exact) mass is 359 g/mol. The van der Waals surface area contributed by atoms with Gasteiger partial charge in [0.2, 0.25) is 0 Å². The minimum atomic E-state index is -0.847. The van der Waals surface area contributed by atoms with E-state index in [2.05, 4.69) is 24.3 Å². The van der Waals surface area contributed by atoms with Crippen molar-refractivity contribution in [3.8, 4) is 0 Å². The van der Waals surface area contributed by atoms with E-state index in [0.29, 0.717) is 24.8 Å². The Balaban J connectivity index is 0.00000288. The van der Waals surface area contributed by atoms with Crippen LogP contribution in [-0.2, 0) is 11.2 Å². The summed E-state index contributed by atoms with van der Waals surface area (Å²) < 4.78 is 5.14. The van der Waals surface area contributed by atoms with Crippen LogP contribution in [0.15, 0.2) is 10.6 Å². The largest absolute Gasteiger partial charge is 0.480 e. The van der Waals surface area contributed by atoms with E-state index < -0.39 is 5.97 Å². The first-order chi connectivity index (χ1) is 10.9. The van der Waals surface area contributed by atoms with Crippen LogP contribution >= 0.6 is 12.4 Å². The highest BCUT2D eigenvalue weighted by atomic mass is 35.5. The van der Waals surface area contributed by atoms with Gasteiger partial charge in [-0.3, -0.25) is 14.5 Å². The molecular weight excluding hydrogens is 334 g/mol. The fourth-order valence-electron chi connectivity index (χ4n) is 3.09. The zero-order valence-corrected chi connectivity index (χ0v) is 15.1. The Bertz CT molecular complexity index is 561. The molecule has 0 spiro atoms. The molecule has 1 fully saturated rings. The Morgan fingerprint density at radius 2 is 2.17 bits per heavy atom. The highest BCUT2D eigenvalue weighted by Gasteiger charge is 2.36. The van der Waals surface area contributed by atoms with E-state index >= 15 is 0 Å². The summed E-state index contributed by atoms with van der Waals surface area (Å²) in [4.78, 5) is 25.1. The molecule has 2 atom stereocenters. The summed E-state index contributed by atoms with van der Waals surface area (Å²) in [6.07, 6.45) is 1.68. The zero-order valence-electron chi connectivity index (χ0n) is 14.3. The molecular formula is C16H26ClN3O4. The fourth-order valence-corrected chi connectivity index (χ4v) is 3.09. The second-order valence-corrected chi connectivity index (χ2v) is 6.50. The van der Waals surface area contributed by atoms with E-state index in [1.165, 1.54) is 0 Å². The molecule has 2 rings (SSSR count). The normalized spacial score (nSPS) is 20.8. The Kier molecular flexibility index (Phi) is 7.69. The van der Waals surface area contributed by atoms with Crippen LogP contribution < -0.4 is 5.32 Å². The molecule has 0 aromatic carbocycles. The smallest absolute Gasteiger partial charge is 0.317 e. The van der Waals surface area contributed by atoms with Crippen molar-refractivity contribution in [3.63, 3.8) is 0 Å². The average molecular weight is 360 g/mol. The molecule has 1 aromatic heterocycles. The molecule has 24 heavy (non-hydrogen) atoms. The van der Waals surface area contributed by atoms with Gasteiger partial charge in [-0.25, -0.2) is 0 Å². The third-order valence-corrected chi connectivity index (χ3v) is 4.26. The molecule has 1 amide bonds. The third kappa shape index (κ3) is 5.21. The molecule has 8 heteroatoms. The molecule has 0 unspecified atom stereocenters. The van der Waals surface area contributed by atoms with Crippen molar-refractivity contribution < 1.29 is 19.2 Å². The summed E-state index contributed by atoms with van der Waals surface area (Å²) in [5.74, 6) is 0.175. The predicted molar refractivity (Wildman–Crippen MR) is 91.4 cm³/mol. The SMILES string of the molecule is CCCc1cc(C(=O)N[C@H]2CN(CC(=O)O)C[C@@H]2C(C)C)no1.Cl. The maximum absolute atomic E-state index is 12.3. The number of halogens is 1. The maximum atomic E-state index is 12.3. The number of nitrogens with one attached hydrogen (secondary N) is 1. The lowest BCUT2D eigenvalue weighted by Gasteiger charge is -2.22. The molecule has 2 heterocycles. The lowest BCUT2D eigenvalue weighted by atomic mass is 9.91. The first-order valence-corrected chi connectivity index (χ1v) is 8.11. The standard InChI is InChI=1S/C16H25N3O4.ClH/c1-4-5-11-6-13(18-23-11)16(22)17-14-8-19(9-15(20)21)7-12(14)10(2)3;/h6,10,12,14H,4-5,7-9H2,1-3H3,(H,17,22)(H,20,21);1H/t12-,14+;/m1./s1. The number of aryl methyl sites for hydroxylation is 1. The van der Waals surface area contributed by atoms with Gasteiger partial charge >= 0.3 is 5.97 Å². The van der Waals surface area contributed by atoms with Gasteiger partial charge in [-0.05, 0) is 18.3 Å². The van der Waals surface area contributed by atoms with Gasteiger partial charge in [-0.15, -0.1) is 12.4 Å². The number of hydrogen-bond donors (Lipinski definition) is 2. The second kappa shape index (κ2) is 9.03. The Hall–Kier alpha value is -1.60. The number of carboxylic acids is 1. The number of aromatic nitrogens is 1. The first-order valence-electron chi connectivity index (χ1n) is 8.11. The number of likely N-dealkylation sites (tertiary alicyclic amines) is 1. The van der Waals surface area contributed by atoms with Gasteiger partial charge in [0.1, 0.15) is 5.76 Å². The van der Waals surface area contributed by atoms with E-state index in [4.69, 9.17) is 9.63 Å². The van der Waals surface area contributed by atoms with Gasteiger partial charge in [0.25, 0.3) is 5.91 Å². The number of rotatable bonds is 7. The van der Waals surface area contributed by atoms with E-state index in [0.717, 1.165) is 12.8 Å². The van der Waals surface area contributed by atoms with Crippen LogP contribution in [0.25, 0.3) is 0 Å². The van der Waals surface area contributed by atoms with Crippen molar-refractivity contribution in [2.45, 2.75) is 39.7 Å². The van der Waals surface area contributed by atoms with Gasteiger partial charge < -0.3 is 14.9 Å². The van der Waals surface area contributed by atoms with Gasteiger partial charge in [-0.1, -0.05) is 25.9 Å². The van der Waals surface area contributed by atoms with Crippen molar-refractivity contribution in [2.75, 3.05) is 19.6 Å². The van der Waals surface area contributed by atoms with Crippen LogP contribution in [0.1, 0.15) is 43.4 Å². The van der Waals surface area contributed by atoms with E-state index in [-0.39, 0.29) is 42.5 Å². The summed E-state index contributed by atoms with van der Waals surface area (Å²) in [6, 6.07) is 1.60. The molecule has 0 bridgehead atoms. The van der Waals surface area contributed by atoms with Crippen LogP contribution in [0.4, 0.5) is 0 Å². The molecule has 1 saturated heterocycles. The van der Waals surface area contributed by atoms with E-state index in [1.807, 2.05) is 11.8 Å². The fraction of sp³-hybridized carbons (Fsp3) is 0.688. The molecule has 1 aliphatic rings. The van der Waals surface area contributed by atoms with Crippen LogP contribution in [0, 0.1) is 11.8 Å². The van der Waals surface area contributed by atoms with Gasteiger partial charge in [0.15, 0.2) is 5.69 Å². The second-order valence-electron chi connectivity index (χ2n) is 6.50.